The van der Waals surface area contributed by atoms with Crippen LogP contribution in [0.15, 0.2) is 42.5 Å². The topological polar surface area (TPSA) is 53.3 Å². The summed E-state index contributed by atoms with van der Waals surface area (Å²) in [5, 5.41) is 9.18. The highest BCUT2D eigenvalue weighted by molar-refractivity contribution is 6.31. The Bertz CT molecular complexity index is 848. The fourth-order valence-corrected chi connectivity index (χ4v) is 3.34. The first-order chi connectivity index (χ1) is 13.8. The molecular formula is C24H29ClN2O2. The second kappa shape index (κ2) is 10.9. The molecule has 0 atom stereocenters. The van der Waals surface area contributed by atoms with Crippen LogP contribution in [-0.4, -0.2) is 31.0 Å². The SMILES string of the molecule is CC(C)c1ccc(C(=O)N(C)C)cc1.N#Cc1ccc(OC2CCCC2)cc1Cl. The normalized spacial score (nSPS) is 13.4. The maximum Gasteiger partial charge on any atom is 0.253 e. The van der Waals surface area contributed by atoms with Crippen molar-refractivity contribution >= 4 is 17.5 Å². The molecule has 1 aliphatic rings. The van der Waals surface area contributed by atoms with Gasteiger partial charge in [0.2, 0.25) is 0 Å². The van der Waals surface area contributed by atoms with E-state index in [9.17, 15) is 4.79 Å². The van der Waals surface area contributed by atoms with E-state index in [1.165, 1.54) is 18.4 Å². The number of benzene rings is 2. The van der Waals surface area contributed by atoms with E-state index in [-0.39, 0.29) is 5.91 Å². The lowest BCUT2D eigenvalue weighted by Gasteiger charge is -2.13. The number of carbonyl (C=O) groups excluding carboxylic acids is 1. The third kappa shape index (κ3) is 6.80. The standard InChI is InChI=1S/C12H12ClNO.C12H17NO/c13-12-7-11(6-5-9(12)8-14)15-10-3-1-2-4-10;1-9(2)10-5-7-11(8-6-10)12(14)13(3)4/h5-7,10H,1-4H2;5-9H,1-4H3. The molecule has 1 saturated carbocycles. The summed E-state index contributed by atoms with van der Waals surface area (Å²) in [4.78, 5) is 13.1. The van der Waals surface area contributed by atoms with Crippen molar-refractivity contribution in [1.29, 1.82) is 5.26 Å². The van der Waals surface area contributed by atoms with E-state index in [0.717, 1.165) is 24.2 Å². The maximum atomic E-state index is 11.6. The van der Waals surface area contributed by atoms with Crippen molar-refractivity contribution in [2.75, 3.05) is 14.1 Å². The quantitative estimate of drug-likeness (QED) is 0.614. The fraction of sp³-hybridized carbons (Fsp3) is 0.417. The summed E-state index contributed by atoms with van der Waals surface area (Å²) in [6, 6.07) is 15.1. The zero-order chi connectivity index (χ0) is 21.4. The molecule has 154 valence electrons. The molecule has 0 bridgehead atoms. The summed E-state index contributed by atoms with van der Waals surface area (Å²) in [7, 11) is 3.53. The third-order valence-electron chi connectivity index (χ3n) is 4.90. The molecule has 1 fully saturated rings. The highest BCUT2D eigenvalue weighted by Gasteiger charge is 2.16. The number of nitrogens with zero attached hydrogens (tertiary/aromatic N) is 2. The van der Waals surface area contributed by atoms with E-state index < -0.39 is 0 Å². The van der Waals surface area contributed by atoms with Crippen LogP contribution in [0.4, 0.5) is 0 Å². The summed E-state index contributed by atoms with van der Waals surface area (Å²) in [5.41, 5.74) is 2.51. The minimum Gasteiger partial charge on any atom is -0.490 e. The largest absolute Gasteiger partial charge is 0.490 e. The van der Waals surface area contributed by atoms with E-state index in [0.29, 0.717) is 22.6 Å². The van der Waals surface area contributed by atoms with Crippen molar-refractivity contribution in [3.05, 3.63) is 64.2 Å². The number of rotatable bonds is 4. The number of hydrogen-bond donors (Lipinski definition) is 0. The average molecular weight is 413 g/mol. The van der Waals surface area contributed by atoms with Crippen LogP contribution in [0, 0.1) is 11.3 Å². The molecule has 2 aromatic rings. The molecule has 0 N–H and O–H groups in total. The first-order valence-corrected chi connectivity index (χ1v) is 10.4. The lowest BCUT2D eigenvalue weighted by molar-refractivity contribution is 0.0827. The van der Waals surface area contributed by atoms with Gasteiger partial charge in [0, 0.05) is 25.7 Å². The molecule has 4 nitrogen and oxygen atoms in total. The second-order valence-electron chi connectivity index (χ2n) is 7.75. The van der Waals surface area contributed by atoms with Gasteiger partial charge in [0.15, 0.2) is 0 Å². The lowest BCUT2D eigenvalue weighted by atomic mass is 10.0. The number of halogens is 1. The molecule has 1 amide bonds. The average Bonchev–Trinajstić information content (AvgIpc) is 3.21. The first kappa shape index (κ1) is 22.8. The molecule has 0 saturated heterocycles. The summed E-state index contributed by atoms with van der Waals surface area (Å²) in [6.45, 7) is 4.28. The molecule has 0 aliphatic heterocycles. The van der Waals surface area contributed by atoms with Gasteiger partial charge in [0.05, 0.1) is 16.7 Å². The highest BCUT2D eigenvalue weighted by atomic mass is 35.5. The Morgan fingerprint density at radius 3 is 2.24 bits per heavy atom. The predicted octanol–water partition coefficient (Wildman–Crippen LogP) is 6.04. The van der Waals surface area contributed by atoms with E-state index in [1.54, 1.807) is 31.1 Å². The highest BCUT2D eigenvalue weighted by Crippen LogP contribution is 2.27. The Morgan fingerprint density at radius 1 is 1.14 bits per heavy atom. The monoisotopic (exact) mass is 412 g/mol. The molecular weight excluding hydrogens is 384 g/mol. The number of hydrogen-bond acceptors (Lipinski definition) is 3. The molecule has 2 aromatic carbocycles. The molecule has 0 unspecified atom stereocenters. The Kier molecular flexibility index (Phi) is 8.54. The van der Waals surface area contributed by atoms with Gasteiger partial charge < -0.3 is 9.64 Å². The molecule has 1 aliphatic carbocycles. The van der Waals surface area contributed by atoms with Crippen molar-refractivity contribution in [3.63, 3.8) is 0 Å². The van der Waals surface area contributed by atoms with Gasteiger partial charge in [0.25, 0.3) is 5.91 Å². The smallest absolute Gasteiger partial charge is 0.253 e. The van der Waals surface area contributed by atoms with Gasteiger partial charge in [-0.3, -0.25) is 4.79 Å². The maximum absolute atomic E-state index is 11.6. The minimum atomic E-state index is 0.0558. The zero-order valence-electron chi connectivity index (χ0n) is 17.6. The van der Waals surface area contributed by atoms with Gasteiger partial charge in [-0.1, -0.05) is 37.6 Å². The van der Waals surface area contributed by atoms with Gasteiger partial charge in [0.1, 0.15) is 11.8 Å². The lowest BCUT2D eigenvalue weighted by Crippen LogP contribution is -2.21. The Labute approximate surface area is 179 Å². The van der Waals surface area contributed by atoms with Crippen LogP contribution in [0.3, 0.4) is 0 Å². The zero-order valence-corrected chi connectivity index (χ0v) is 18.4. The third-order valence-corrected chi connectivity index (χ3v) is 5.21. The summed E-state index contributed by atoms with van der Waals surface area (Å²) in [6.07, 6.45) is 5.06. The number of nitriles is 1. The van der Waals surface area contributed by atoms with Gasteiger partial charge in [-0.15, -0.1) is 0 Å². The van der Waals surface area contributed by atoms with Crippen molar-refractivity contribution in [2.24, 2.45) is 0 Å². The van der Waals surface area contributed by atoms with Crippen LogP contribution in [-0.2, 0) is 0 Å². The van der Waals surface area contributed by atoms with Crippen molar-refractivity contribution in [3.8, 4) is 11.8 Å². The Hall–Kier alpha value is -2.51. The fourth-order valence-electron chi connectivity index (χ4n) is 3.13. The molecule has 0 radical (unpaired) electrons. The van der Waals surface area contributed by atoms with Crippen LogP contribution in [0.25, 0.3) is 0 Å². The van der Waals surface area contributed by atoms with Crippen LogP contribution in [0.1, 0.15) is 66.9 Å². The van der Waals surface area contributed by atoms with Gasteiger partial charge in [-0.05, 0) is 61.4 Å². The van der Waals surface area contributed by atoms with Crippen molar-refractivity contribution in [1.82, 2.24) is 4.90 Å². The summed E-state index contributed by atoms with van der Waals surface area (Å²) >= 11 is 5.91. The number of carbonyl (C=O) groups is 1. The Morgan fingerprint density at radius 2 is 1.76 bits per heavy atom. The van der Waals surface area contributed by atoms with Gasteiger partial charge in [-0.2, -0.15) is 5.26 Å². The van der Waals surface area contributed by atoms with E-state index in [1.807, 2.05) is 36.4 Å². The van der Waals surface area contributed by atoms with Crippen LogP contribution < -0.4 is 4.74 Å². The number of amides is 1. The molecule has 29 heavy (non-hydrogen) atoms. The van der Waals surface area contributed by atoms with Gasteiger partial charge >= 0.3 is 0 Å². The molecule has 0 spiro atoms. The summed E-state index contributed by atoms with van der Waals surface area (Å²) in [5.74, 6) is 1.34. The molecule has 0 heterocycles. The molecule has 5 heteroatoms. The van der Waals surface area contributed by atoms with Crippen LogP contribution in [0.2, 0.25) is 5.02 Å². The van der Waals surface area contributed by atoms with Crippen molar-refractivity contribution in [2.45, 2.75) is 51.6 Å². The van der Waals surface area contributed by atoms with E-state index in [4.69, 9.17) is 21.6 Å². The predicted molar refractivity (Wildman–Crippen MR) is 118 cm³/mol. The Balaban J connectivity index is 0.000000208. The first-order valence-electron chi connectivity index (χ1n) is 9.99. The minimum absolute atomic E-state index is 0.0558. The second-order valence-corrected chi connectivity index (χ2v) is 8.16. The van der Waals surface area contributed by atoms with E-state index in [2.05, 4.69) is 13.8 Å². The summed E-state index contributed by atoms with van der Waals surface area (Å²) < 4.78 is 5.76. The van der Waals surface area contributed by atoms with E-state index >= 15 is 0 Å². The molecule has 3 rings (SSSR count). The van der Waals surface area contributed by atoms with Gasteiger partial charge in [-0.25, -0.2) is 0 Å². The van der Waals surface area contributed by atoms with Crippen LogP contribution >= 0.6 is 11.6 Å². The van der Waals surface area contributed by atoms with Crippen molar-refractivity contribution < 1.29 is 9.53 Å². The van der Waals surface area contributed by atoms with Crippen LogP contribution in [0.5, 0.6) is 5.75 Å². The molecule has 0 aromatic heterocycles. The number of ether oxygens (including phenoxy) is 1.